The number of hydrogen-bond acceptors (Lipinski definition) is 6. The summed E-state index contributed by atoms with van der Waals surface area (Å²) >= 11 is 0. The molecule has 100 valence electrons. The van der Waals surface area contributed by atoms with Crippen molar-refractivity contribution in [1.82, 2.24) is 20.4 Å². The SMILES string of the molecule is COc1c[nH]c(C(=O)NCc2nc(C)no2)cc1=O. The highest BCUT2D eigenvalue weighted by molar-refractivity contribution is 5.92. The molecule has 0 radical (unpaired) electrons. The van der Waals surface area contributed by atoms with Gasteiger partial charge in [-0.3, -0.25) is 9.59 Å². The second-order valence-electron chi connectivity index (χ2n) is 3.70. The van der Waals surface area contributed by atoms with Crippen LogP contribution in [0.5, 0.6) is 5.75 Å². The van der Waals surface area contributed by atoms with Crippen LogP contribution in [0.2, 0.25) is 0 Å². The molecule has 0 aliphatic heterocycles. The number of nitrogens with zero attached hydrogens (tertiary/aromatic N) is 2. The van der Waals surface area contributed by atoms with E-state index in [0.717, 1.165) is 6.07 Å². The van der Waals surface area contributed by atoms with Gasteiger partial charge >= 0.3 is 0 Å². The summed E-state index contributed by atoms with van der Waals surface area (Å²) in [5.74, 6) is 0.475. The van der Waals surface area contributed by atoms with E-state index < -0.39 is 5.91 Å². The summed E-state index contributed by atoms with van der Waals surface area (Å²) in [6, 6.07) is 1.16. The molecular weight excluding hydrogens is 252 g/mol. The predicted octanol–water partition coefficient (Wildman–Crippen LogP) is 0.00492. The summed E-state index contributed by atoms with van der Waals surface area (Å²) < 4.78 is 9.65. The molecule has 0 saturated heterocycles. The molecule has 0 aliphatic carbocycles. The Morgan fingerprint density at radius 1 is 1.58 bits per heavy atom. The number of hydrogen-bond donors (Lipinski definition) is 2. The van der Waals surface area contributed by atoms with Crippen LogP contribution in [0.15, 0.2) is 21.6 Å². The summed E-state index contributed by atoms with van der Waals surface area (Å²) in [5, 5.41) is 6.14. The first-order valence-electron chi connectivity index (χ1n) is 5.44. The van der Waals surface area contributed by atoms with E-state index >= 15 is 0 Å². The third kappa shape index (κ3) is 2.97. The fourth-order valence-electron chi connectivity index (χ4n) is 1.41. The van der Waals surface area contributed by atoms with Crippen LogP contribution in [-0.2, 0) is 6.54 Å². The van der Waals surface area contributed by atoms with Crippen LogP contribution in [-0.4, -0.2) is 28.1 Å². The van der Waals surface area contributed by atoms with E-state index in [-0.39, 0.29) is 23.4 Å². The molecule has 0 fully saturated rings. The van der Waals surface area contributed by atoms with E-state index in [9.17, 15) is 9.59 Å². The van der Waals surface area contributed by atoms with Crippen LogP contribution in [0.25, 0.3) is 0 Å². The van der Waals surface area contributed by atoms with Crippen LogP contribution < -0.4 is 15.5 Å². The monoisotopic (exact) mass is 264 g/mol. The first-order chi connectivity index (χ1) is 9.10. The number of carbonyl (C=O) groups excluding carboxylic acids is 1. The predicted molar refractivity (Wildman–Crippen MR) is 63.8 cm³/mol. The Balaban J connectivity index is 2.04. The number of methoxy groups -OCH3 is 1. The van der Waals surface area contributed by atoms with Gasteiger partial charge in [0.05, 0.1) is 13.7 Å². The van der Waals surface area contributed by atoms with Crippen LogP contribution in [0.1, 0.15) is 22.2 Å². The molecule has 2 N–H and O–H groups in total. The number of ether oxygens (including phenoxy) is 1. The summed E-state index contributed by atoms with van der Waals surface area (Å²) in [5.41, 5.74) is -0.248. The van der Waals surface area contributed by atoms with Crippen LogP contribution >= 0.6 is 0 Å². The van der Waals surface area contributed by atoms with Crippen molar-refractivity contribution in [2.45, 2.75) is 13.5 Å². The van der Waals surface area contributed by atoms with Crippen molar-refractivity contribution in [2.75, 3.05) is 7.11 Å². The highest BCUT2D eigenvalue weighted by Crippen LogP contribution is 2.01. The topological polar surface area (TPSA) is 110 Å². The summed E-state index contributed by atoms with van der Waals surface area (Å²) in [6.07, 6.45) is 1.33. The molecule has 0 unspecified atom stereocenters. The van der Waals surface area contributed by atoms with Gasteiger partial charge in [-0.05, 0) is 6.92 Å². The number of aromatic amines is 1. The van der Waals surface area contributed by atoms with Gasteiger partial charge in [-0.1, -0.05) is 5.16 Å². The number of H-pyrrole nitrogens is 1. The van der Waals surface area contributed by atoms with E-state index in [2.05, 4.69) is 20.4 Å². The molecule has 0 atom stereocenters. The Kier molecular flexibility index (Phi) is 3.60. The van der Waals surface area contributed by atoms with Crippen molar-refractivity contribution in [2.24, 2.45) is 0 Å². The van der Waals surface area contributed by atoms with E-state index in [1.54, 1.807) is 6.92 Å². The largest absolute Gasteiger partial charge is 0.491 e. The Labute approximate surface area is 107 Å². The van der Waals surface area contributed by atoms with Gasteiger partial charge in [-0.2, -0.15) is 4.98 Å². The minimum atomic E-state index is -0.449. The van der Waals surface area contributed by atoms with Gasteiger partial charge in [0.2, 0.25) is 11.3 Å². The van der Waals surface area contributed by atoms with Crippen LogP contribution in [0.3, 0.4) is 0 Å². The Bertz CT molecular complexity index is 646. The van der Waals surface area contributed by atoms with Gasteiger partial charge in [0.25, 0.3) is 5.91 Å². The van der Waals surface area contributed by atoms with Gasteiger partial charge in [-0.25, -0.2) is 0 Å². The van der Waals surface area contributed by atoms with Crippen molar-refractivity contribution in [3.8, 4) is 5.75 Å². The first kappa shape index (κ1) is 12.8. The molecule has 0 spiro atoms. The molecular formula is C11H12N4O4. The maximum Gasteiger partial charge on any atom is 0.268 e. The second-order valence-corrected chi connectivity index (χ2v) is 3.70. The molecule has 0 saturated carbocycles. The maximum absolute atomic E-state index is 11.8. The maximum atomic E-state index is 11.8. The Morgan fingerprint density at radius 3 is 2.95 bits per heavy atom. The van der Waals surface area contributed by atoms with E-state index in [0.29, 0.717) is 11.7 Å². The smallest absolute Gasteiger partial charge is 0.268 e. The number of amides is 1. The average molecular weight is 264 g/mol. The Hall–Kier alpha value is -2.64. The van der Waals surface area contributed by atoms with Gasteiger partial charge in [0, 0.05) is 12.3 Å². The molecule has 1 amide bonds. The molecule has 0 aromatic carbocycles. The number of aryl methyl sites for hydroxylation is 1. The van der Waals surface area contributed by atoms with Gasteiger partial charge in [-0.15, -0.1) is 0 Å². The fraction of sp³-hybridized carbons (Fsp3) is 0.273. The number of carbonyl (C=O) groups is 1. The zero-order valence-corrected chi connectivity index (χ0v) is 10.4. The van der Waals surface area contributed by atoms with Crippen LogP contribution in [0, 0.1) is 6.92 Å². The fourth-order valence-corrected chi connectivity index (χ4v) is 1.41. The normalized spacial score (nSPS) is 10.2. The van der Waals surface area contributed by atoms with Gasteiger partial charge in [0.15, 0.2) is 11.6 Å². The van der Waals surface area contributed by atoms with Crippen molar-refractivity contribution in [1.29, 1.82) is 0 Å². The Morgan fingerprint density at radius 2 is 2.37 bits per heavy atom. The second kappa shape index (κ2) is 5.34. The zero-order chi connectivity index (χ0) is 13.8. The molecule has 0 aliphatic rings. The zero-order valence-electron chi connectivity index (χ0n) is 10.4. The number of nitrogens with one attached hydrogen (secondary N) is 2. The van der Waals surface area contributed by atoms with Gasteiger partial charge in [0.1, 0.15) is 5.69 Å². The molecule has 8 heteroatoms. The lowest BCUT2D eigenvalue weighted by molar-refractivity contribution is 0.0941. The van der Waals surface area contributed by atoms with Crippen molar-refractivity contribution in [3.63, 3.8) is 0 Å². The first-order valence-corrected chi connectivity index (χ1v) is 5.44. The molecule has 2 rings (SSSR count). The van der Waals surface area contributed by atoms with Crippen molar-refractivity contribution in [3.05, 3.63) is 39.9 Å². The minimum absolute atomic E-state index is 0.0910. The quantitative estimate of drug-likeness (QED) is 0.804. The number of aromatic nitrogens is 3. The minimum Gasteiger partial charge on any atom is -0.491 e. The van der Waals surface area contributed by atoms with Crippen molar-refractivity contribution < 1.29 is 14.1 Å². The molecule has 2 aromatic rings. The highest BCUT2D eigenvalue weighted by Gasteiger charge is 2.10. The lowest BCUT2D eigenvalue weighted by Crippen LogP contribution is -2.25. The molecule has 2 aromatic heterocycles. The summed E-state index contributed by atoms with van der Waals surface area (Å²) in [4.78, 5) is 29.9. The highest BCUT2D eigenvalue weighted by atomic mass is 16.5. The standard InChI is InChI=1S/C11H12N4O4/c1-6-14-10(19-15-6)5-13-11(17)7-3-8(16)9(18-2)4-12-7/h3-4H,5H2,1-2H3,(H,12,16)(H,13,17). The molecule has 2 heterocycles. The number of rotatable bonds is 4. The van der Waals surface area contributed by atoms with E-state index in [1.165, 1.54) is 13.3 Å². The van der Waals surface area contributed by atoms with E-state index in [1.807, 2.05) is 0 Å². The van der Waals surface area contributed by atoms with Crippen molar-refractivity contribution >= 4 is 5.91 Å². The molecule has 8 nitrogen and oxygen atoms in total. The molecule has 19 heavy (non-hydrogen) atoms. The summed E-state index contributed by atoms with van der Waals surface area (Å²) in [6.45, 7) is 1.77. The van der Waals surface area contributed by atoms with Crippen LogP contribution in [0.4, 0.5) is 0 Å². The lowest BCUT2D eigenvalue weighted by atomic mass is 10.3. The third-order valence-corrected chi connectivity index (χ3v) is 2.31. The third-order valence-electron chi connectivity index (χ3n) is 2.31. The lowest BCUT2D eigenvalue weighted by Gasteiger charge is -2.03. The number of pyridine rings is 1. The summed E-state index contributed by atoms with van der Waals surface area (Å²) in [7, 11) is 1.38. The average Bonchev–Trinajstić information content (AvgIpc) is 2.81. The molecule has 0 bridgehead atoms. The van der Waals surface area contributed by atoms with E-state index in [4.69, 9.17) is 9.26 Å². The van der Waals surface area contributed by atoms with Gasteiger partial charge < -0.3 is 19.6 Å².